The first-order valence-electron chi connectivity index (χ1n) is 10.5. The van der Waals surface area contributed by atoms with Crippen molar-refractivity contribution in [3.8, 4) is 0 Å². The van der Waals surface area contributed by atoms with Gasteiger partial charge in [-0.1, -0.05) is 48.5 Å². The van der Waals surface area contributed by atoms with Gasteiger partial charge in [-0.25, -0.2) is 9.18 Å². The van der Waals surface area contributed by atoms with E-state index in [1.807, 2.05) is 37.3 Å². The van der Waals surface area contributed by atoms with Gasteiger partial charge in [-0.2, -0.15) is 0 Å². The van der Waals surface area contributed by atoms with Gasteiger partial charge >= 0.3 is 6.03 Å². The standard InChI is InChI=1S/C24H26FN3O3/c1-16(18-12-13-18)27(14-17-8-4-3-5-9-17)21(29)15-28-22(30)24(2,26-23(28)31)19-10-6-7-11-20(19)25/h3-11,16,18H,12-15H2,1-2H3,(H,26,31). The number of benzene rings is 2. The minimum atomic E-state index is -1.55. The van der Waals surface area contributed by atoms with Crippen molar-refractivity contribution in [3.05, 3.63) is 71.5 Å². The minimum absolute atomic E-state index is 0.00595. The number of nitrogens with one attached hydrogen (secondary N) is 1. The van der Waals surface area contributed by atoms with Crippen molar-refractivity contribution in [1.82, 2.24) is 15.1 Å². The van der Waals surface area contributed by atoms with Crippen LogP contribution in [0.15, 0.2) is 54.6 Å². The molecule has 2 aliphatic rings. The molecule has 4 rings (SSSR count). The molecule has 2 fully saturated rings. The molecule has 6 nitrogen and oxygen atoms in total. The molecule has 2 atom stereocenters. The molecule has 1 aliphatic carbocycles. The molecule has 2 unspecified atom stereocenters. The maximum atomic E-state index is 14.4. The Morgan fingerprint density at radius 3 is 2.45 bits per heavy atom. The van der Waals surface area contributed by atoms with Crippen LogP contribution in [0.25, 0.3) is 0 Å². The maximum Gasteiger partial charge on any atom is 0.325 e. The summed E-state index contributed by atoms with van der Waals surface area (Å²) < 4.78 is 14.4. The van der Waals surface area contributed by atoms with Gasteiger partial charge in [-0.15, -0.1) is 0 Å². The number of imide groups is 1. The number of halogens is 1. The molecule has 0 spiro atoms. The highest BCUT2D eigenvalue weighted by Gasteiger charge is 2.51. The van der Waals surface area contributed by atoms with E-state index >= 15 is 0 Å². The largest absolute Gasteiger partial charge is 0.334 e. The number of nitrogens with zero attached hydrogens (tertiary/aromatic N) is 2. The molecule has 4 amide bonds. The van der Waals surface area contributed by atoms with E-state index in [0.29, 0.717) is 12.5 Å². The van der Waals surface area contributed by atoms with Crippen molar-refractivity contribution >= 4 is 17.8 Å². The van der Waals surface area contributed by atoms with Crippen LogP contribution in [-0.2, 0) is 21.7 Å². The van der Waals surface area contributed by atoms with Crippen LogP contribution in [0.4, 0.5) is 9.18 Å². The summed E-state index contributed by atoms with van der Waals surface area (Å²) in [5.41, 5.74) is -0.484. The molecule has 0 aromatic heterocycles. The lowest BCUT2D eigenvalue weighted by Crippen LogP contribution is -2.47. The van der Waals surface area contributed by atoms with Crippen LogP contribution in [0.2, 0.25) is 0 Å². The third-order valence-electron chi connectivity index (χ3n) is 6.29. The fourth-order valence-corrected chi connectivity index (χ4v) is 4.19. The van der Waals surface area contributed by atoms with Gasteiger partial charge in [0.1, 0.15) is 17.9 Å². The molecule has 31 heavy (non-hydrogen) atoms. The molecule has 1 saturated carbocycles. The third kappa shape index (κ3) is 4.04. The Bertz CT molecular complexity index is 1010. The maximum absolute atomic E-state index is 14.4. The first kappa shape index (κ1) is 21.0. The zero-order valence-electron chi connectivity index (χ0n) is 17.7. The fraction of sp³-hybridized carbons (Fsp3) is 0.375. The van der Waals surface area contributed by atoms with Crippen molar-refractivity contribution < 1.29 is 18.8 Å². The first-order valence-corrected chi connectivity index (χ1v) is 10.5. The van der Waals surface area contributed by atoms with Gasteiger partial charge in [0.2, 0.25) is 5.91 Å². The average molecular weight is 423 g/mol. The van der Waals surface area contributed by atoms with E-state index in [-0.39, 0.29) is 24.1 Å². The van der Waals surface area contributed by atoms with Crippen LogP contribution >= 0.6 is 0 Å². The van der Waals surface area contributed by atoms with Gasteiger partial charge in [0.15, 0.2) is 0 Å². The van der Waals surface area contributed by atoms with Gasteiger partial charge in [0.05, 0.1) is 0 Å². The van der Waals surface area contributed by atoms with E-state index in [1.165, 1.54) is 25.1 Å². The van der Waals surface area contributed by atoms with E-state index in [4.69, 9.17) is 0 Å². The van der Waals surface area contributed by atoms with E-state index in [0.717, 1.165) is 23.3 Å². The van der Waals surface area contributed by atoms with Crippen LogP contribution in [0.5, 0.6) is 0 Å². The predicted octanol–water partition coefficient (Wildman–Crippen LogP) is 3.42. The van der Waals surface area contributed by atoms with Gasteiger partial charge in [0.25, 0.3) is 5.91 Å². The molecular weight excluding hydrogens is 397 g/mol. The Labute approximate surface area is 181 Å². The summed E-state index contributed by atoms with van der Waals surface area (Å²) in [6.07, 6.45) is 2.13. The van der Waals surface area contributed by atoms with Crippen molar-refractivity contribution in [1.29, 1.82) is 0 Å². The molecule has 2 aromatic carbocycles. The highest BCUT2D eigenvalue weighted by Crippen LogP contribution is 2.36. The van der Waals surface area contributed by atoms with Gasteiger partial charge in [-0.05, 0) is 44.2 Å². The topological polar surface area (TPSA) is 69.7 Å². The molecule has 1 heterocycles. The van der Waals surface area contributed by atoms with Crippen LogP contribution in [0, 0.1) is 11.7 Å². The molecule has 0 bridgehead atoms. The monoisotopic (exact) mass is 423 g/mol. The Morgan fingerprint density at radius 2 is 1.81 bits per heavy atom. The summed E-state index contributed by atoms with van der Waals surface area (Å²) >= 11 is 0. The fourth-order valence-electron chi connectivity index (χ4n) is 4.19. The second-order valence-electron chi connectivity index (χ2n) is 8.51. The summed E-state index contributed by atoms with van der Waals surface area (Å²) in [7, 11) is 0. The van der Waals surface area contributed by atoms with Crippen molar-refractivity contribution in [2.75, 3.05) is 6.54 Å². The molecular formula is C24H26FN3O3. The highest BCUT2D eigenvalue weighted by atomic mass is 19.1. The highest BCUT2D eigenvalue weighted by molar-refractivity contribution is 6.09. The molecule has 2 aromatic rings. The molecule has 1 saturated heterocycles. The third-order valence-corrected chi connectivity index (χ3v) is 6.29. The number of hydrogen-bond acceptors (Lipinski definition) is 3. The minimum Gasteiger partial charge on any atom is -0.334 e. The lowest BCUT2D eigenvalue weighted by Gasteiger charge is -2.31. The number of urea groups is 1. The summed E-state index contributed by atoms with van der Waals surface area (Å²) in [6.45, 7) is 3.50. The second kappa shape index (κ2) is 8.13. The number of hydrogen-bond donors (Lipinski definition) is 1. The smallest absolute Gasteiger partial charge is 0.325 e. The number of carbonyl (C=O) groups is 3. The summed E-state index contributed by atoms with van der Waals surface area (Å²) in [5.74, 6) is -1.08. The lowest BCUT2D eigenvalue weighted by atomic mass is 9.91. The van der Waals surface area contributed by atoms with E-state index in [2.05, 4.69) is 5.32 Å². The van der Waals surface area contributed by atoms with Crippen LogP contribution in [0.3, 0.4) is 0 Å². The van der Waals surface area contributed by atoms with Crippen LogP contribution < -0.4 is 5.32 Å². The van der Waals surface area contributed by atoms with Crippen LogP contribution in [-0.4, -0.2) is 40.2 Å². The number of carbonyl (C=O) groups excluding carboxylic acids is 3. The Kier molecular flexibility index (Phi) is 5.52. The Hall–Kier alpha value is -3.22. The molecule has 7 heteroatoms. The zero-order valence-corrected chi connectivity index (χ0v) is 17.7. The van der Waals surface area contributed by atoms with Gasteiger partial charge < -0.3 is 10.2 Å². The molecule has 1 N–H and O–H groups in total. The first-order chi connectivity index (χ1) is 14.8. The zero-order chi connectivity index (χ0) is 22.2. The molecule has 1 aliphatic heterocycles. The van der Waals surface area contributed by atoms with Crippen molar-refractivity contribution in [3.63, 3.8) is 0 Å². The number of amides is 4. The quantitative estimate of drug-likeness (QED) is 0.694. The average Bonchev–Trinajstić information content (AvgIpc) is 3.58. The SMILES string of the molecule is CC(C1CC1)N(Cc1ccccc1)C(=O)CN1C(=O)NC(C)(c2ccccc2F)C1=O. The molecule has 162 valence electrons. The summed E-state index contributed by atoms with van der Waals surface area (Å²) in [5, 5.41) is 2.57. The van der Waals surface area contributed by atoms with E-state index in [1.54, 1.807) is 11.0 Å². The normalized spacial score (nSPS) is 21.7. The Balaban J connectivity index is 1.55. The molecule has 0 radical (unpaired) electrons. The number of rotatable bonds is 7. The second-order valence-corrected chi connectivity index (χ2v) is 8.51. The van der Waals surface area contributed by atoms with E-state index < -0.39 is 23.3 Å². The predicted molar refractivity (Wildman–Crippen MR) is 113 cm³/mol. The van der Waals surface area contributed by atoms with Crippen molar-refractivity contribution in [2.24, 2.45) is 5.92 Å². The summed E-state index contributed by atoms with van der Waals surface area (Å²) in [6, 6.07) is 14.8. The van der Waals surface area contributed by atoms with E-state index in [9.17, 15) is 18.8 Å². The Morgan fingerprint density at radius 1 is 1.16 bits per heavy atom. The van der Waals surface area contributed by atoms with Gasteiger partial charge in [0, 0.05) is 18.2 Å². The van der Waals surface area contributed by atoms with Crippen molar-refractivity contribution in [2.45, 2.75) is 44.8 Å². The van der Waals surface area contributed by atoms with Crippen LogP contribution in [0.1, 0.15) is 37.8 Å². The van der Waals surface area contributed by atoms with Gasteiger partial charge in [-0.3, -0.25) is 14.5 Å². The lowest BCUT2D eigenvalue weighted by molar-refractivity contribution is -0.140. The summed E-state index contributed by atoms with van der Waals surface area (Å²) in [4.78, 5) is 41.6.